The average molecular weight is 339 g/mol. The number of piperidine rings is 1. The fraction of sp³-hybridized carbons (Fsp3) is 0.412. The Morgan fingerprint density at radius 1 is 1.28 bits per heavy atom. The lowest BCUT2D eigenvalue weighted by Gasteiger charge is -2.31. The van der Waals surface area contributed by atoms with Gasteiger partial charge in [0.2, 0.25) is 0 Å². The van der Waals surface area contributed by atoms with Crippen LogP contribution in [0.2, 0.25) is 0 Å². The zero-order chi connectivity index (χ0) is 17.2. The van der Waals surface area contributed by atoms with Gasteiger partial charge in [0.25, 0.3) is 0 Å². The fourth-order valence-electron chi connectivity index (χ4n) is 3.33. The van der Waals surface area contributed by atoms with E-state index in [4.69, 9.17) is 10.5 Å². The number of fused-ring (bicyclic) bond motifs is 1. The lowest BCUT2D eigenvalue weighted by atomic mass is 9.95. The SMILES string of the molecule is COc1cncc(CN2CCC(c3nc(N)c4[nH]cnc4n3)CC2)c1. The number of pyridine rings is 1. The van der Waals surface area contributed by atoms with E-state index in [1.807, 2.05) is 12.3 Å². The van der Waals surface area contributed by atoms with Crippen LogP contribution < -0.4 is 10.5 Å². The minimum absolute atomic E-state index is 0.322. The predicted octanol–water partition coefficient (Wildman–Crippen LogP) is 1.72. The Kier molecular flexibility index (Phi) is 4.19. The Morgan fingerprint density at radius 2 is 2.12 bits per heavy atom. The molecular weight excluding hydrogens is 318 g/mol. The molecule has 1 saturated heterocycles. The van der Waals surface area contributed by atoms with Crippen molar-refractivity contribution in [3.8, 4) is 5.75 Å². The Labute approximate surface area is 145 Å². The fourth-order valence-corrected chi connectivity index (χ4v) is 3.33. The summed E-state index contributed by atoms with van der Waals surface area (Å²) in [4.78, 5) is 22.9. The highest BCUT2D eigenvalue weighted by molar-refractivity contribution is 5.80. The Bertz CT molecular complexity index is 870. The number of nitrogens with zero attached hydrogens (tertiary/aromatic N) is 5. The maximum absolute atomic E-state index is 6.01. The molecule has 130 valence electrons. The number of imidazole rings is 1. The molecule has 1 aliphatic rings. The molecule has 0 unspecified atom stereocenters. The van der Waals surface area contributed by atoms with Gasteiger partial charge in [-0.15, -0.1) is 0 Å². The second-order valence-electron chi connectivity index (χ2n) is 6.35. The highest BCUT2D eigenvalue weighted by Gasteiger charge is 2.24. The maximum atomic E-state index is 6.01. The molecule has 0 radical (unpaired) electrons. The van der Waals surface area contributed by atoms with Crippen LogP contribution in [0.3, 0.4) is 0 Å². The Morgan fingerprint density at radius 3 is 2.92 bits per heavy atom. The number of H-pyrrole nitrogens is 1. The number of nitrogen functional groups attached to an aromatic ring is 1. The van der Waals surface area contributed by atoms with E-state index in [2.05, 4.69) is 29.8 Å². The highest BCUT2D eigenvalue weighted by Crippen LogP contribution is 2.28. The molecule has 3 aromatic rings. The van der Waals surface area contributed by atoms with E-state index in [-0.39, 0.29) is 0 Å². The number of nitrogens with two attached hydrogens (primary N) is 1. The summed E-state index contributed by atoms with van der Waals surface area (Å²) in [5, 5.41) is 0. The van der Waals surface area contributed by atoms with Gasteiger partial charge in [0.05, 0.1) is 19.6 Å². The molecule has 0 amide bonds. The van der Waals surface area contributed by atoms with E-state index < -0.39 is 0 Å². The number of hydrogen-bond donors (Lipinski definition) is 2. The average Bonchev–Trinajstić information content (AvgIpc) is 3.12. The van der Waals surface area contributed by atoms with Gasteiger partial charge in [-0.25, -0.2) is 15.0 Å². The van der Waals surface area contributed by atoms with Crippen molar-refractivity contribution in [2.24, 2.45) is 0 Å². The van der Waals surface area contributed by atoms with Crippen LogP contribution >= 0.6 is 0 Å². The number of rotatable bonds is 4. The first-order valence-corrected chi connectivity index (χ1v) is 8.39. The van der Waals surface area contributed by atoms with Crippen LogP contribution in [0.1, 0.15) is 30.1 Å². The van der Waals surface area contributed by atoms with Gasteiger partial charge < -0.3 is 15.5 Å². The zero-order valence-corrected chi connectivity index (χ0v) is 14.1. The smallest absolute Gasteiger partial charge is 0.183 e. The molecule has 0 aliphatic carbocycles. The minimum Gasteiger partial charge on any atom is -0.495 e. The molecule has 0 atom stereocenters. The van der Waals surface area contributed by atoms with Crippen molar-refractivity contribution in [2.45, 2.75) is 25.3 Å². The van der Waals surface area contributed by atoms with Gasteiger partial charge in [0, 0.05) is 18.7 Å². The first-order chi connectivity index (χ1) is 12.2. The van der Waals surface area contributed by atoms with Gasteiger partial charge in [-0.3, -0.25) is 9.88 Å². The lowest BCUT2D eigenvalue weighted by Crippen LogP contribution is -2.33. The van der Waals surface area contributed by atoms with Crippen molar-refractivity contribution in [1.82, 2.24) is 29.8 Å². The standard InChI is InChI=1S/C17H21N7O/c1-25-13-6-11(7-19-8-13)9-24-4-2-12(3-5-24)16-22-15(18)14-17(23-16)21-10-20-14/h6-8,10,12H,2-5,9H2,1H3,(H3,18,20,21,22,23). The van der Waals surface area contributed by atoms with Crippen molar-refractivity contribution < 1.29 is 4.74 Å². The number of anilines is 1. The van der Waals surface area contributed by atoms with Gasteiger partial charge in [-0.2, -0.15) is 0 Å². The largest absolute Gasteiger partial charge is 0.495 e. The van der Waals surface area contributed by atoms with Crippen LogP contribution in [0.5, 0.6) is 5.75 Å². The minimum atomic E-state index is 0.322. The molecule has 4 rings (SSSR count). The molecule has 3 aromatic heterocycles. The lowest BCUT2D eigenvalue weighted by molar-refractivity contribution is 0.201. The number of aromatic amines is 1. The summed E-state index contributed by atoms with van der Waals surface area (Å²) in [5.74, 6) is 2.40. The summed E-state index contributed by atoms with van der Waals surface area (Å²) in [5.41, 5.74) is 8.54. The molecule has 1 fully saturated rings. The summed E-state index contributed by atoms with van der Waals surface area (Å²) in [7, 11) is 1.66. The van der Waals surface area contributed by atoms with Gasteiger partial charge in [0.1, 0.15) is 17.1 Å². The molecule has 25 heavy (non-hydrogen) atoms. The maximum Gasteiger partial charge on any atom is 0.183 e. The van der Waals surface area contributed by atoms with Gasteiger partial charge in [0.15, 0.2) is 11.5 Å². The topological polar surface area (TPSA) is 106 Å². The monoisotopic (exact) mass is 339 g/mol. The van der Waals surface area contributed by atoms with Crippen molar-refractivity contribution in [2.75, 3.05) is 25.9 Å². The molecule has 0 aromatic carbocycles. The second kappa shape index (κ2) is 6.64. The first-order valence-electron chi connectivity index (χ1n) is 8.39. The highest BCUT2D eigenvalue weighted by atomic mass is 16.5. The zero-order valence-electron chi connectivity index (χ0n) is 14.1. The second-order valence-corrected chi connectivity index (χ2v) is 6.35. The molecule has 0 spiro atoms. The van der Waals surface area contributed by atoms with Gasteiger partial charge in [-0.05, 0) is 37.6 Å². The number of nitrogens with one attached hydrogen (secondary N) is 1. The predicted molar refractivity (Wildman–Crippen MR) is 94.1 cm³/mol. The molecule has 3 N–H and O–H groups in total. The molecule has 4 heterocycles. The number of methoxy groups -OCH3 is 1. The Hall–Kier alpha value is -2.74. The summed E-state index contributed by atoms with van der Waals surface area (Å²) < 4.78 is 5.24. The summed E-state index contributed by atoms with van der Waals surface area (Å²) in [6.07, 6.45) is 7.23. The third-order valence-electron chi connectivity index (χ3n) is 4.70. The third kappa shape index (κ3) is 3.25. The van der Waals surface area contributed by atoms with Gasteiger partial charge >= 0.3 is 0 Å². The van der Waals surface area contributed by atoms with Crippen molar-refractivity contribution in [3.63, 3.8) is 0 Å². The number of likely N-dealkylation sites (tertiary alicyclic amines) is 1. The van der Waals surface area contributed by atoms with Crippen LogP contribution in [0.4, 0.5) is 5.82 Å². The summed E-state index contributed by atoms with van der Waals surface area (Å²) in [6.45, 7) is 2.85. The number of aromatic nitrogens is 5. The normalized spacial score (nSPS) is 16.4. The van der Waals surface area contributed by atoms with E-state index in [0.717, 1.165) is 49.6 Å². The van der Waals surface area contributed by atoms with Crippen molar-refractivity contribution in [3.05, 3.63) is 36.2 Å². The Balaban J connectivity index is 1.42. The quantitative estimate of drug-likeness (QED) is 0.745. The van der Waals surface area contributed by atoms with Crippen LogP contribution in [0, 0.1) is 0 Å². The first kappa shape index (κ1) is 15.8. The van der Waals surface area contributed by atoms with E-state index in [1.165, 1.54) is 0 Å². The van der Waals surface area contributed by atoms with E-state index in [0.29, 0.717) is 22.9 Å². The number of ether oxygens (including phenoxy) is 1. The molecular formula is C17H21N7O. The number of hydrogen-bond acceptors (Lipinski definition) is 7. The molecule has 8 heteroatoms. The van der Waals surface area contributed by atoms with E-state index in [9.17, 15) is 0 Å². The van der Waals surface area contributed by atoms with Gasteiger partial charge in [-0.1, -0.05) is 0 Å². The summed E-state index contributed by atoms with van der Waals surface area (Å²) in [6, 6.07) is 2.04. The summed E-state index contributed by atoms with van der Waals surface area (Å²) >= 11 is 0. The van der Waals surface area contributed by atoms with E-state index >= 15 is 0 Å². The molecule has 1 aliphatic heterocycles. The molecule has 8 nitrogen and oxygen atoms in total. The molecule has 0 bridgehead atoms. The van der Waals surface area contributed by atoms with Crippen LogP contribution in [-0.4, -0.2) is 50.0 Å². The van der Waals surface area contributed by atoms with Crippen molar-refractivity contribution in [1.29, 1.82) is 0 Å². The van der Waals surface area contributed by atoms with Crippen LogP contribution in [0.15, 0.2) is 24.8 Å². The van der Waals surface area contributed by atoms with Crippen LogP contribution in [-0.2, 0) is 6.54 Å². The van der Waals surface area contributed by atoms with Crippen molar-refractivity contribution >= 4 is 17.0 Å². The molecule has 0 saturated carbocycles. The third-order valence-corrected chi connectivity index (χ3v) is 4.70. The van der Waals surface area contributed by atoms with Crippen LogP contribution in [0.25, 0.3) is 11.2 Å². The van der Waals surface area contributed by atoms with E-state index in [1.54, 1.807) is 19.6 Å².